The normalized spacial score (nSPS) is 13.3. The van der Waals surface area contributed by atoms with Crippen LogP contribution in [0.2, 0.25) is 0 Å². The molecule has 1 unspecified atom stereocenters. The number of halogens is 3. The van der Waals surface area contributed by atoms with E-state index in [2.05, 4.69) is 4.98 Å². The highest BCUT2D eigenvalue weighted by molar-refractivity contribution is 5.40. The molecule has 2 nitrogen and oxygen atoms in total. The number of alkyl halides is 3. The van der Waals surface area contributed by atoms with Crippen LogP contribution in [-0.4, -0.2) is 4.98 Å². The number of pyridine rings is 1. The number of hydrogen-bond donors (Lipinski definition) is 1. The van der Waals surface area contributed by atoms with E-state index in [0.717, 1.165) is 11.6 Å². The quantitative estimate of drug-likeness (QED) is 0.904. The molecule has 0 aliphatic carbocycles. The number of nitrogens with two attached hydrogens (primary N) is 1. The second-order valence-corrected chi connectivity index (χ2v) is 4.29. The minimum absolute atomic E-state index is 0.0734. The smallest absolute Gasteiger partial charge is 0.320 e. The first-order valence-corrected chi connectivity index (χ1v) is 5.73. The summed E-state index contributed by atoms with van der Waals surface area (Å²) >= 11 is 0. The van der Waals surface area contributed by atoms with Gasteiger partial charge in [0.05, 0.1) is 11.6 Å². The van der Waals surface area contributed by atoms with Crippen LogP contribution in [-0.2, 0) is 6.18 Å². The van der Waals surface area contributed by atoms with Crippen LogP contribution < -0.4 is 5.73 Å². The molecule has 1 atom stereocenters. The summed E-state index contributed by atoms with van der Waals surface area (Å²) in [7, 11) is 0. The van der Waals surface area contributed by atoms with Crippen molar-refractivity contribution in [2.45, 2.75) is 19.1 Å². The Bertz CT molecular complexity index is 579. The second-order valence-electron chi connectivity index (χ2n) is 4.29. The molecule has 0 spiro atoms. The van der Waals surface area contributed by atoms with Gasteiger partial charge in [-0.3, -0.25) is 4.98 Å². The van der Waals surface area contributed by atoms with Gasteiger partial charge in [0.15, 0.2) is 0 Å². The molecule has 1 aromatic heterocycles. The van der Waals surface area contributed by atoms with E-state index >= 15 is 0 Å². The highest BCUT2D eigenvalue weighted by Gasteiger charge is 2.34. The van der Waals surface area contributed by atoms with Crippen molar-refractivity contribution in [1.29, 1.82) is 0 Å². The van der Waals surface area contributed by atoms with E-state index in [-0.39, 0.29) is 5.56 Å². The van der Waals surface area contributed by atoms with Gasteiger partial charge < -0.3 is 5.73 Å². The van der Waals surface area contributed by atoms with E-state index in [1.165, 1.54) is 18.3 Å². The van der Waals surface area contributed by atoms with Gasteiger partial charge in [-0.1, -0.05) is 18.2 Å². The van der Waals surface area contributed by atoms with E-state index in [1.807, 2.05) is 0 Å². The third-order valence-corrected chi connectivity index (χ3v) is 3.00. The van der Waals surface area contributed by atoms with Gasteiger partial charge in [0.2, 0.25) is 0 Å². The first-order valence-electron chi connectivity index (χ1n) is 5.73. The van der Waals surface area contributed by atoms with Crippen molar-refractivity contribution in [2.75, 3.05) is 0 Å². The number of nitrogens with zero attached hydrogens (tertiary/aromatic N) is 1. The maximum atomic E-state index is 13.0. The zero-order chi connectivity index (χ0) is 14.0. The summed E-state index contributed by atoms with van der Waals surface area (Å²) in [5.74, 6) is 0. The molecule has 100 valence electrons. The van der Waals surface area contributed by atoms with Crippen molar-refractivity contribution in [3.8, 4) is 0 Å². The van der Waals surface area contributed by atoms with E-state index in [9.17, 15) is 13.2 Å². The number of benzene rings is 1. The molecule has 0 saturated carbocycles. The Kier molecular flexibility index (Phi) is 3.57. The van der Waals surface area contributed by atoms with E-state index in [0.29, 0.717) is 5.56 Å². The predicted molar refractivity (Wildman–Crippen MR) is 66.4 cm³/mol. The van der Waals surface area contributed by atoms with Gasteiger partial charge >= 0.3 is 6.18 Å². The minimum Gasteiger partial charge on any atom is -0.320 e. The molecule has 0 aliphatic heterocycles. The maximum Gasteiger partial charge on any atom is 0.416 e. The van der Waals surface area contributed by atoms with Crippen LogP contribution in [0.3, 0.4) is 0 Å². The first-order chi connectivity index (χ1) is 8.91. The molecule has 0 fully saturated rings. The summed E-state index contributed by atoms with van der Waals surface area (Å²) in [4.78, 5) is 3.91. The Labute approximate surface area is 109 Å². The van der Waals surface area contributed by atoms with E-state index in [1.54, 1.807) is 25.3 Å². The van der Waals surface area contributed by atoms with Gasteiger partial charge in [0.25, 0.3) is 0 Å². The van der Waals surface area contributed by atoms with Crippen LogP contribution in [0.5, 0.6) is 0 Å². The van der Waals surface area contributed by atoms with Crippen molar-refractivity contribution in [1.82, 2.24) is 4.98 Å². The van der Waals surface area contributed by atoms with Gasteiger partial charge in [0.1, 0.15) is 0 Å². The van der Waals surface area contributed by atoms with Crippen molar-refractivity contribution in [2.24, 2.45) is 5.73 Å². The van der Waals surface area contributed by atoms with Crippen molar-refractivity contribution in [3.05, 3.63) is 65.0 Å². The monoisotopic (exact) mass is 266 g/mol. The second kappa shape index (κ2) is 5.01. The van der Waals surface area contributed by atoms with Crippen molar-refractivity contribution in [3.63, 3.8) is 0 Å². The maximum absolute atomic E-state index is 13.0. The molecule has 0 radical (unpaired) electrons. The molecule has 1 heterocycles. The zero-order valence-electron chi connectivity index (χ0n) is 10.3. The fourth-order valence-electron chi connectivity index (χ4n) is 2.03. The van der Waals surface area contributed by atoms with Crippen molar-refractivity contribution >= 4 is 0 Å². The lowest BCUT2D eigenvalue weighted by atomic mass is 9.93. The summed E-state index contributed by atoms with van der Waals surface area (Å²) in [6.45, 7) is 1.78. The van der Waals surface area contributed by atoms with Crippen molar-refractivity contribution < 1.29 is 13.2 Å². The molecule has 0 aliphatic rings. The zero-order valence-corrected chi connectivity index (χ0v) is 10.3. The summed E-state index contributed by atoms with van der Waals surface area (Å²) in [5, 5.41) is 0. The third kappa shape index (κ3) is 2.76. The lowest BCUT2D eigenvalue weighted by Gasteiger charge is -2.19. The van der Waals surface area contributed by atoms with Crippen LogP contribution in [0.15, 0.2) is 42.7 Å². The summed E-state index contributed by atoms with van der Waals surface area (Å²) in [5.41, 5.74) is 6.78. The SMILES string of the molecule is Cc1cnccc1C(N)c1ccccc1C(F)(F)F. The average Bonchev–Trinajstić information content (AvgIpc) is 2.37. The highest BCUT2D eigenvalue weighted by atomic mass is 19.4. The molecule has 2 rings (SSSR count). The molecule has 0 amide bonds. The number of aromatic nitrogens is 1. The number of aryl methyl sites for hydroxylation is 1. The lowest BCUT2D eigenvalue weighted by Crippen LogP contribution is -2.19. The Balaban J connectivity index is 2.51. The number of hydrogen-bond acceptors (Lipinski definition) is 2. The first kappa shape index (κ1) is 13.5. The van der Waals surface area contributed by atoms with Gasteiger partial charge in [-0.15, -0.1) is 0 Å². The fraction of sp³-hybridized carbons (Fsp3) is 0.214. The highest BCUT2D eigenvalue weighted by Crippen LogP contribution is 2.35. The van der Waals surface area contributed by atoms with Crippen LogP contribution in [0, 0.1) is 6.92 Å². The Hall–Kier alpha value is -1.88. The molecule has 5 heteroatoms. The van der Waals surface area contributed by atoms with Gasteiger partial charge in [-0.05, 0) is 35.7 Å². The molecule has 2 N–H and O–H groups in total. The number of rotatable bonds is 2. The molecular weight excluding hydrogens is 253 g/mol. The van der Waals surface area contributed by atoms with Crippen LogP contribution in [0.25, 0.3) is 0 Å². The summed E-state index contributed by atoms with van der Waals surface area (Å²) in [6.07, 6.45) is -1.29. The summed E-state index contributed by atoms with van der Waals surface area (Å²) in [6, 6.07) is 6.20. The lowest BCUT2D eigenvalue weighted by molar-refractivity contribution is -0.138. The minimum atomic E-state index is -4.41. The Morgan fingerprint density at radius 1 is 1.11 bits per heavy atom. The van der Waals surface area contributed by atoms with Crippen LogP contribution in [0.1, 0.15) is 28.3 Å². The van der Waals surface area contributed by atoms with Crippen LogP contribution >= 0.6 is 0 Å². The van der Waals surface area contributed by atoms with Gasteiger partial charge in [0, 0.05) is 12.4 Å². The Morgan fingerprint density at radius 2 is 1.79 bits per heavy atom. The fourth-order valence-corrected chi connectivity index (χ4v) is 2.03. The predicted octanol–water partition coefficient (Wildman–Crippen LogP) is 3.46. The molecule has 2 aromatic rings. The average molecular weight is 266 g/mol. The van der Waals surface area contributed by atoms with E-state index < -0.39 is 17.8 Å². The molecular formula is C14H13F3N2. The van der Waals surface area contributed by atoms with Gasteiger partial charge in [-0.25, -0.2) is 0 Å². The third-order valence-electron chi connectivity index (χ3n) is 3.00. The van der Waals surface area contributed by atoms with E-state index in [4.69, 9.17) is 5.73 Å². The Morgan fingerprint density at radius 3 is 2.42 bits per heavy atom. The standard InChI is InChI=1S/C14H13F3N2/c1-9-8-19-7-6-10(9)13(18)11-4-2-3-5-12(11)14(15,16)17/h2-8,13H,18H2,1H3. The molecule has 1 aromatic carbocycles. The van der Waals surface area contributed by atoms with Gasteiger partial charge in [-0.2, -0.15) is 13.2 Å². The largest absolute Gasteiger partial charge is 0.416 e. The van der Waals surface area contributed by atoms with Crippen LogP contribution in [0.4, 0.5) is 13.2 Å². The molecule has 0 bridgehead atoms. The topological polar surface area (TPSA) is 38.9 Å². The molecule has 19 heavy (non-hydrogen) atoms. The summed E-state index contributed by atoms with van der Waals surface area (Å²) < 4.78 is 38.9. The molecule has 0 saturated heterocycles.